The Kier molecular flexibility index (Phi) is 6.07. The van der Waals surface area contributed by atoms with Crippen LogP contribution in [0.1, 0.15) is 38.5 Å². The van der Waals surface area contributed by atoms with Crippen molar-refractivity contribution in [1.82, 2.24) is 40.7 Å². The largest absolute Gasteiger partial charge is 0.461 e. The average molecular weight is 622 g/mol. The molecule has 1 atom stereocenters. The zero-order valence-electron chi connectivity index (χ0n) is 25.1. The number of ether oxygens (including phenoxy) is 1. The number of piperidine rings is 1. The van der Waals surface area contributed by atoms with Crippen LogP contribution in [-0.2, 0) is 4.79 Å². The number of urea groups is 1. The maximum Gasteiger partial charge on any atom is 0.330 e. The first-order chi connectivity index (χ1) is 22.5. The summed E-state index contributed by atoms with van der Waals surface area (Å²) < 4.78 is 23.4. The highest BCUT2D eigenvalue weighted by Crippen LogP contribution is 2.43. The Labute approximate surface area is 262 Å². The fourth-order valence-corrected chi connectivity index (χ4v) is 8.24. The number of hydrogen-bond acceptors (Lipinski definition) is 9. The lowest BCUT2D eigenvalue weighted by Crippen LogP contribution is -2.59. The van der Waals surface area contributed by atoms with Gasteiger partial charge in [-0.05, 0) is 75.0 Å². The molecule has 2 aromatic carbocycles. The molecule has 7 heterocycles. The molecule has 5 aromatic rings. The number of fused-ring (bicyclic) bond motifs is 4. The third-order valence-corrected chi connectivity index (χ3v) is 10.5. The second-order valence-electron chi connectivity index (χ2n) is 12.9. The van der Waals surface area contributed by atoms with Gasteiger partial charge in [0.2, 0.25) is 0 Å². The Balaban J connectivity index is 1.25. The van der Waals surface area contributed by atoms with Gasteiger partial charge in [0.1, 0.15) is 23.4 Å². The zero-order valence-corrected chi connectivity index (χ0v) is 25.1. The van der Waals surface area contributed by atoms with Gasteiger partial charge in [0.15, 0.2) is 11.6 Å². The van der Waals surface area contributed by atoms with Crippen LogP contribution in [0.4, 0.5) is 15.0 Å². The SMILES string of the molecule is O=C1NC(=O)C2(CCCNC2)N1c1nc(OCC23CCCN2CCC3)nc2c(F)c(-c3c4ccccc4cc4[nH]ncc34)ncc12. The Morgan fingerprint density at radius 2 is 1.83 bits per heavy atom. The smallest absolute Gasteiger partial charge is 0.330 e. The molecule has 0 bridgehead atoms. The van der Waals surface area contributed by atoms with Crippen molar-refractivity contribution in [3.8, 4) is 17.3 Å². The Bertz CT molecular complexity index is 2060. The van der Waals surface area contributed by atoms with Crippen LogP contribution in [0, 0.1) is 5.82 Å². The summed E-state index contributed by atoms with van der Waals surface area (Å²) in [5, 5.41) is 15.6. The maximum absolute atomic E-state index is 17.1. The van der Waals surface area contributed by atoms with Gasteiger partial charge in [-0.15, -0.1) is 0 Å². The minimum Gasteiger partial charge on any atom is -0.461 e. The highest BCUT2D eigenvalue weighted by atomic mass is 19.1. The third-order valence-electron chi connectivity index (χ3n) is 10.5. The molecule has 9 rings (SSSR count). The molecule has 234 valence electrons. The average Bonchev–Trinajstić information content (AvgIpc) is 3.83. The lowest BCUT2D eigenvalue weighted by molar-refractivity contribution is -0.123. The van der Waals surface area contributed by atoms with Gasteiger partial charge in [-0.25, -0.2) is 9.18 Å². The van der Waals surface area contributed by atoms with Gasteiger partial charge in [-0.2, -0.15) is 15.1 Å². The number of H-pyrrole nitrogens is 1. The van der Waals surface area contributed by atoms with E-state index in [0.29, 0.717) is 30.4 Å². The number of imide groups is 1. The second-order valence-corrected chi connectivity index (χ2v) is 12.9. The fourth-order valence-electron chi connectivity index (χ4n) is 8.24. The Hall–Kier alpha value is -4.75. The van der Waals surface area contributed by atoms with E-state index in [2.05, 4.69) is 35.7 Å². The minimum atomic E-state index is -1.21. The molecular formula is C33H32FN9O3. The molecule has 3 amide bonds. The highest BCUT2D eigenvalue weighted by molar-refractivity contribution is 6.19. The van der Waals surface area contributed by atoms with Crippen LogP contribution in [0.3, 0.4) is 0 Å². The van der Waals surface area contributed by atoms with E-state index >= 15 is 4.39 Å². The molecule has 4 fully saturated rings. The van der Waals surface area contributed by atoms with Crippen molar-refractivity contribution in [2.75, 3.05) is 37.7 Å². The van der Waals surface area contributed by atoms with Gasteiger partial charge >= 0.3 is 12.0 Å². The Morgan fingerprint density at radius 1 is 0.978 bits per heavy atom. The van der Waals surface area contributed by atoms with E-state index in [4.69, 9.17) is 9.72 Å². The molecule has 3 aromatic heterocycles. The van der Waals surface area contributed by atoms with E-state index in [-0.39, 0.29) is 40.5 Å². The number of amides is 3. The van der Waals surface area contributed by atoms with Crippen LogP contribution in [0.2, 0.25) is 0 Å². The molecule has 1 spiro atoms. The molecule has 0 aliphatic carbocycles. The molecule has 0 radical (unpaired) electrons. The van der Waals surface area contributed by atoms with Crippen molar-refractivity contribution in [3.63, 3.8) is 0 Å². The number of halogens is 1. The predicted octanol–water partition coefficient (Wildman–Crippen LogP) is 4.05. The number of benzene rings is 2. The standard InChI is InChI=1S/C33H32FN9O3/c34-25-26-22(15-36-27(25)24-20-7-2-1-6-19(20)14-23-21(24)16-37-41-23)28(43-31(45)40-29(44)33(43)10-3-11-35-17-33)39-30(38-26)46-18-32-8-4-12-42(32)13-5-9-32/h1-2,6-7,14-16,35H,3-5,8-13,17-18H2,(H,37,41)(H,40,44,45). The van der Waals surface area contributed by atoms with Crippen molar-refractivity contribution >= 4 is 50.3 Å². The normalized spacial score (nSPS) is 22.8. The quantitative estimate of drug-likeness (QED) is 0.248. The first-order valence-corrected chi connectivity index (χ1v) is 15.9. The van der Waals surface area contributed by atoms with Gasteiger partial charge in [-0.3, -0.25) is 30.0 Å². The summed E-state index contributed by atoms with van der Waals surface area (Å²) >= 11 is 0. The molecule has 4 aliphatic rings. The molecule has 4 aliphatic heterocycles. The molecule has 1 unspecified atom stereocenters. The number of pyridine rings is 1. The molecule has 13 heteroatoms. The van der Waals surface area contributed by atoms with Crippen LogP contribution in [0.25, 0.3) is 43.8 Å². The zero-order chi connectivity index (χ0) is 31.0. The highest BCUT2D eigenvalue weighted by Gasteiger charge is 2.55. The van der Waals surface area contributed by atoms with Crippen molar-refractivity contribution in [2.45, 2.75) is 49.6 Å². The first kappa shape index (κ1) is 27.6. The van der Waals surface area contributed by atoms with Crippen LogP contribution in [0.5, 0.6) is 6.01 Å². The lowest BCUT2D eigenvalue weighted by Gasteiger charge is -2.38. The summed E-state index contributed by atoms with van der Waals surface area (Å²) in [6, 6.07) is 9.03. The van der Waals surface area contributed by atoms with Crippen LogP contribution in [-0.4, -0.2) is 85.9 Å². The number of rotatable bonds is 5. The topological polar surface area (TPSA) is 141 Å². The molecular weight excluding hydrogens is 589 g/mol. The van der Waals surface area contributed by atoms with E-state index in [0.717, 1.165) is 61.6 Å². The van der Waals surface area contributed by atoms with Crippen molar-refractivity contribution < 1.29 is 18.7 Å². The number of aromatic nitrogens is 5. The summed E-state index contributed by atoms with van der Waals surface area (Å²) in [6.45, 7) is 3.37. The monoisotopic (exact) mass is 621 g/mol. The molecule has 3 N–H and O–H groups in total. The molecule has 12 nitrogen and oxygen atoms in total. The number of nitrogens with zero attached hydrogens (tertiary/aromatic N) is 6. The van der Waals surface area contributed by atoms with Gasteiger partial charge < -0.3 is 10.1 Å². The third kappa shape index (κ3) is 3.91. The summed E-state index contributed by atoms with van der Waals surface area (Å²) in [5.74, 6) is -0.981. The predicted molar refractivity (Wildman–Crippen MR) is 169 cm³/mol. The van der Waals surface area contributed by atoms with E-state index in [9.17, 15) is 9.59 Å². The molecule has 0 saturated carbocycles. The second kappa shape index (κ2) is 10.1. The van der Waals surface area contributed by atoms with Gasteiger partial charge in [0, 0.05) is 23.7 Å². The van der Waals surface area contributed by atoms with Gasteiger partial charge in [-0.1, -0.05) is 24.3 Å². The summed E-state index contributed by atoms with van der Waals surface area (Å²) in [5.41, 5.74) is 0.0713. The Morgan fingerprint density at radius 3 is 2.65 bits per heavy atom. The van der Waals surface area contributed by atoms with Gasteiger partial charge in [0.25, 0.3) is 5.91 Å². The molecule has 4 saturated heterocycles. The fraction of sp³-hybridized carbons (Fsp3) is 0.394. The number of carbonyl (C=O) groups is 2. The van der Waals surface area contributed by atoms with Crippen LogP contribution >= 0.6 is 0 Å². The van der Waals surface area contributed by atoms with Crippen LogP contribution < -0.4 is 20.3 Å². The number of nitrogens with one attached hydrogen (secondary N) is 3. The summed E-state index contributed by atoms with van der Waals surface area (Å²) in [7, 11) is 0. The lowest BCUT2D eigenvalue weighted by atomic mass is 9.88. The first-order valence-electron chi connectivity index (χ1n) is 15.9. The van der Waals surface area contributed by atoms with Crippen molar-refractivity contribution in [3.05, 3.63) is 48.5 Å². The minimum absolute atomic E-state index is 0.0344. The van der Waals surface area contributed by atoms with E-state index < -0.39 is 23.3 Å². The number of carbonyl (C=O) groups excluding carboxylic acids is 2. The van der Waals surface area contributed by atoms with Crippen molar-refractivity contribution in [2.24, 2.45) is 0 Å². The van der Waals surface area contributed by atoms with Crippen LogP contribution in [0.15, 0.2) is 42.7 Å². The van der Waals surface area contributed by atoms with E-state index in [1.165, 1.54) is 11.1 Å². The number of aromatic amines is 1. The van der Waals surface area contributed by atoms with Gasteiger partial charge in [0.05, 0.1) is 22.6 Å². The summed E-state index contributed by atoms with van der Waals surface area (Å²) in [4.78, 5) is 44.7. The number of hydrogen-bond donors (Lipinski definition) is 3. The van der Waals surface area contributed by atoms with E-state index in [1.54, 1.807) is 6.20 Å². The molecule has 46 heavy (non-hydrogen) atoms. The summed E-state index contributed by atoms with van der Waals surface area (Å²) in [6.07, 6.45) is 8.47. The van der Waals surface area contributed by atoms with Crippen molar-refractivity contribution in [1.29, 1.82) is 0 Å². The number of anilines is 1. The van der Waals surface area contributed by atoms with E-state index in [1.807, 2.05) is 30.3 Å². The maximum atomic E-state index is 17.1.